The van der Waals surface area contributed by atoms with Gasteiger partial charge >= 0.3 is 6.09 Å². The molecule has 3 fully saturated rings. The van der Waals surface area contributed by atoms with Crippen LogP contribution in [0.5, 0.6) is 0 Å². The van der Waals surface area contributed by atoms with E-state index in [-0.39, 0.29) is 31.0 Å². The Morgan fingerprint density at radius 2 is 1.65 bits per heavy atom. The first kappa shape index (κ1) is 33.0. The number of anilines is 1. The summed E-state index contributed by atoms with van der Waals surface area (Å²) in [7, 11) is -2.59. The molecule has 0 spiro atoms. The molecule has 2 amide bonds. The number of hydrogen-bond acceptors (Lipinski definition) is 8. The maximum absolute atomic E-state index is 14.0. The van der Waals surface area contributed by atoms with Crippen LogP contribution >= 0.6 is 0 Å². The molecule has 4 aromatic rings. The van der Waals surface area contributed by atoms with Crippen LogP contribution in [0.1, 0.15) is 66.2 Å². The largest absolute Gasteiger partial charge is 0.465 e. The van der Waals surface area contributed by atoms with Gasteiger partial charge < -0.3 is 19.6 Å². The third-order valence-corrected chi connectivity index (χ3v) is 12.2. The Morgan fingerprint density at radius 3 is 2.29 bits per heavy atom. The number of hydrogen-bond donors (Lipinski definition) is 2. The second-order valence-corrected chi connectivity index (χ2v) is 15.3. The van der Waals surface area contributed by atoms with Crippen LogP contribution in [-0.2, 0) is 21.2 Å². The lowest BCUT2D eigenvalue weighted by Crippen LogP contribution is -2.47. The molecule has 258 valence electrons. The van der Waals surface area contributed by atoms with E-state index in [9.17, 15) is 23.1 Å². The molecule has 3 aliphatic rings. The zero-order chi connectivity index (χ0) is 34.1. The monoisotopic (exact) mass is 686 g/mol. The van der Waals surface area contributed by atoms with Gasteiger partial charge in [-0.15, -0.1) is 0 Å². The van der Waals surface area contributed by atoms with Crippen molar-refractivity contribution in [1.29, 1.82) is 0 Å². The molecule has 2 saturated heterocycles. The van der Waals surface area contributed by atoms with Gasteiger partial charge in [0.15, 0.2) is 5.65 Å². The Labute approximate surface area is 286 Å². The van der Waals surface area contributed by atoms with E-state index in [1.54, 1.807) is 17.9 Å². The number of aromatic nitrogens is 3. The number of para-hydroxylation sites is 1. The number of carbonyl (C=O) groups excluding carboxylic acids is 1. The summed E-state index contributed by atoms with van der Waals surface area (Å²) in [5.41, 5.74) is 3.86. The van der Waals surface area contributed by atoms with Crippen molar-refractivity contribution in [3.63, 3.8) is 0 Å². The number of methoxy groups -OCH3 is 1. The third kappa shape index (κ3) is 6.61. The quantitative estimate of drug-likeness (QED) is 0.236. The highest BCUT2D eigenvalue weighted by Gasteiger charge is 2.45. The molecule has 1 saturated carbocycles. The highest BCUT2D eigenvalue weighted by molar-refractivity contribution is 7.90. The third-order valence-electron chi connectivity index (χ3n) is 10.4. The van der Waals surface area contributed by atoms with Gasteiger partial charge in [0.05, 0.1) is 28.5 Å². The molecular weight excluding hydrogens is 644 g/mol. The summed E-state index contributed by atoms with van der Waals surface area (Å²) in [5, 5.41) is 14.8. The molecule has 2 N–H and O–H groups in total. The van der Waals surface area contributed by atoms with E-state index < -0.39 is 33.3 Å². The van der Waals surface area contributed by atoms with Gasteiger partial charge in [0.1, 0.15) is 10.9 Å². The van der Waals surface area contributed by atoms with Crippen molar-refractivity contribution >= 4 is 38.7 Å². The highest BCUT2D eigenvalue weighted by Crippen LogP contribution is 2.43. The Hall–Kier alpha value is -4.49. The first-order valence-corrected chi connectivity index (χ1v) is 18.6. The molecule has 2 atom stereocenters. The standard InChI is InChI=1S/C36H42N6O6S/c1-48-23-25-15-18-40(19-16-25)30-22-28(37-34-32(30)33(26-11-8-12-26)38-42(34)27-13-6-3-7-14-27)35(43)39-49(46,47)31-17-20-41(36(44)45)29(31)21-24-9-4-2-5-10-24/h2-7,9-10,13-14,22,25-26,29,31H,8,11-12,15-21,23H2,1H3,(H,39,43)(H,44,45). The molecule has 0 bridgehead atoms. The molecule has 7 rings (SSSR count). The van der Waals surface area contributed by atoms with Gasteiger partial charge in [-0.25, -0.2) is 27.6 Å². The fourth-order valence-corrected chi connectivity index (χ4v) is 9.15. The second kappa shape index (κ2) is 13.8. The molecule has 2 aliphatic heterocycles. The van der Waals surface area contributed by atoms with Gasteiger partial charge in [-0.2, -0.15) is 5.10 Å². The van der Waals surface area contributed by atoms with Crippen LogP contribution in [0.25, 0.3) is 16.7 Å². The van der Waals surface area contributed by atoms with Gasteiger partial charge in [-0.1, -0.05) is 55.0 Å². The predicted octanol–water partition coefficient (Wildman–Crippen LogP) is 4.97. The highest BCUT2D eigenvalue weighted by atomic mass is 32.2. The van der Waals surface area contributed by atoms with Crippen LogP contribution in [0.3, 0.4) is 0 Å². The molecule has 2 unspecified atom stereocenters. The van der Waals surface area contributed by atoms with E-state index in [0.29, 0.717) is 18.2 Å². The Balaban J connectivity index is 1.27. The van der Waals surface area contributed by atoms with Crippen LogP contribution in [0.15, 0.2) is 66.7 Å². The minimum Gasteiger partial charge on any atom is -0.465 e. The Bertz CT molecular complexity index is 1920. The van der Waals surface area contributed by atoms with Gasteiger partial charge in [-0.05, 0) is 68.2 Å². The van der Waals surface area contributed by atoms with E-state index in [2.05, 4.69) is 9.62 Å². The number of carbonyl (C=O) groups is 2. The minimum atomic E-state index is -4.31. The summed E-state index contributed by atoms with van der Waals surface area (Å²) in [6.07, 6.45) is 4.11. The number of rotatable bonds is 10. The summed E-state index contributed by atoms with van der Waals surface area (Å²) in [4.78, 5) is 34.4. The topological polar surface area (TPSA) is 147 Å². The average molecular weight is 687 g/mol. The molecular formula is C36H42N6O6S. The van der Waals surface area contributed by atoms with Gasteiger partial charge in [0.2, 0.25) is 10.0 Å². The summed E-state index contributed by atoms with van der Waals surface area (Å²) in [6, 6.07) is 19.7. The number of amides is 2. The lowest BCUT2D eigenvalue weighted by Gasteiger charge is -2.34. The molecule has 2 aromatic carbocycles. The van der Waals surface area contributed by atoms with Gasteiger partial charge in [-0.3, -0.25) is 4.79 Å². The summed E-state index contributed by atoms with van der Waals surface area (Å²) >= 11 is 0. The molecule has 49 heavy (non-hydrogen) atoms. The predicted molar refractivity (Wildman–Crippen MR) is 186 cm³/mol. The first-order chi connectivity index (χ1) is 23.7. The van der Waals surface area contributed by atoms with Crippen LogP contribution in [0.4, 0.5) is 10.5 Å². The number of likely N-dealkylation sites (tertiary alicyclic amines) is 1. The van der Waals surface area contributed by atoms with Crippen molar-refractivity contribution in [1.82, 2.24) is 24.4 Å². The smallest absolute Gasteiger partial charge is 0.407 e. The van der Waals surface area contributed by atoms with Crippen molar-refractivity contribution in [2.45, 2.75) is 62.2 Å². The number of benzene rings is 2. The Kier molecular flexibility index (Phi) is 9.29. The lowest BCUT2D eigenvalue weighted by atomic mass is 9.82. The fourth-order valence-electron chi connectivity index (χ4n) is 7.56. The lowest BCUT2D eigenvalue weighted by molar-refractivity contribution is 0.0976. The number of carboxylic acid groups (broad SMARTS) is 1. The van der Waals surface area contributed by atoms with E-state index in [0.717, 1.165) is 78.1 Å². The fraction of sp³-hybridized carbons (Fsp3) is 0.444. The van der Waals surface area contributed by atoms with Crippen molar-refractivity contribution < 1.29 is 27.9 Å². The van der Waals surface area contributed by atoms with Crippen LogP contribution < -0.4 is 9.62 Å². The molecule has 12 nitrogen and oxygen atoms in total. The van der Waals surface area contributed by atoms with Crippen LogP contribution in [-0.4, -0.2) is 89.8 Å². The zero-order valence-corrected chi connectivity index (χ0v) is 28.4. The number of fused-ring (bicyclic) bond motifs is 1. The summed E-state index contributed by atoms with van der Waals surface area (Å²) in [6.45, 7) is 2.25. The van der Waals surface area contributed by atoms with Crippen molar-refractivity contribution in [3.05, 3.63) is 83.7 Å². The number of pyridine rings is 1. The molecule has 13 heteroatoms. The van der Waals surface area contributed by atoms with E-state index in [1.165, 1.54) is 0 Å². The molecule has 4 heterocycles. The molecule has 0 radical (unpaired) electrons. The Morgan fingerprint density at radius 1 is 0.959 bits per heavy atom. The maximum atomic E-state index is 14.0. The summed E-state index contributed by atoms with van der Waals surface area (Å²) in [5.74, 6) is -0.138. The average Bonchev–Trinajstić information content (AvgIpc) is 3.68. The van der Waals surface area contributed by atoms with E-state index >= 15 is 0 Å². The van der Waals surface area contributed by atoms with Crippen molar-refractivity contribution in [3.8, 4) is 5.69 Å². The van der Waals surface area contributed by atoms with Gasteiger partial charge in [0, 0.05) is 39.3 Å². The SMILES string of the molecule is COCC1CCN(c2cc(C(=O)NS(=O)(=O)C3CCN(C(=O)O)C3Cc3ccccc3)nc3c2c(C2CCC2)nn3-c2ccccc2)CC1. The van der Waals surface area contributed by atoms with Crippen LogP contribution in [0.2, 0.25) is 0 Å². The molecule has 1 aliphatic carbocycles. The van der Waals surface area contributed by atoms with Crippen molar-refractivity contribution in [2.24, 2.45) is 5.92 Å². The number of piperidine rings is 1. The summed E-state index contributed by atoms with van der Waals surface area (Å²) < 4.78 is 37.4. The van der Waals surface area contributed by atoms with Gasteiger partial charge in [0.25, 0.3) is 5.91 Å². The number of nitrogens with one attached hydrogen (secondary N) is 1. The zero-order valence-electron chi connectivity index (χ0n) is 27.6. The number of sulfonamides is 1. The number of ether oxygens (including phenoxy) is 1. The maximum Gasteiger partial charge on any atom is 0.407 e. The number of nitrogens with zero attached hydrogens (tertiary/aromatic N) is 5. The molecule has 2 aromatic heterocycles. The van der Waals surface area contributed by atoms with Crippen LogP contribution in [0, 0.1) is 5.92 Å². The minimum absolute atomic E-state index is 0.0324. The van der Waals surface area contributed by atoms with E-state index in [4.69, 9.17) is 14.8 Å². The second-order valence-electron chi connectivity index (χ2n) is 13.4. The first-order valence-electron chi connectivity index (χ1n) is 17.1. The van der Waals surface area contributed by atoms with Crippen molar-refractivity contribution in [2.75, 3.05) is 38.3 Å². The van der Waals surface area contributed by atoms with E-state index in [1.807, 2.05) is 60.7 Å². The normalized spacial score (nSPS) is 20.4.